The van der Waals surface area contributed by atoms with E-state index in [1.807, 2.05) is 26.0 Å². The fourth-order valence-electron chi connectivity index (χ4n) is 25.2. The second-order valence-electron chi connectivity index (χ2n) is 47.6. The van der Waals surface area contributed by atoms with Crippen LogP contribution in [0.15, 0.2) is 25.3 Å². The van der Waals surface area contributed by atoms with Gasteiger partial charge in [-0.2, -0.15) is 0 Å². The quantitative estimate of drug-likeness (QED) is 0.0278. The highest BCUT2D eigenvalue weighted by Gasteiger charge is 2.61. The van der Waals surface area contributed by atoms with Gasteiger partial charge >= 0.3 is 0 Å². The van der Waals surface area contributed by atoms with E-state index in [0.717, 1.165) is 51.4 Å². The summed E-state index contributed by atoms with van der Waals surface area (Å²) in [6.45, 7) is 20.0. The Bertz CT molecular complexity index is 3670. The summed E-state index contributed by atoms with van der Waals surface area (Å²) in [7, 11) is 0. The second kappa shape index (κ2) is 61.5. The molecule has 0 aromatic heterocycles. The molecule has 26 N–H and O–H groups in total. The lowest BCUT2D eigenvalue weighted by Crippen LogP contribution is -2.64. The molecule has 10 rings (SSSR count). The van der Waals surface area contributed by atoms with Crippen LogP contribution in [0.5, 0.6) is 0 Å². The van der Waals surface area contributed by atoms with Crippen molar-refractivity contribution in [2.45, 2.75) is 636 Å². The van der Waals surface area contributed by atoms with Gasteiger partial charge in [0, 0.05) is 102 Å². The number of aliphatic hydroxyl groups is 26. The van der Waals surface area contributed by atoms with Gasteiger partial charge in [0.1, 0.15) is 73.2 Å². The summed E-state index contributed by atoms with van der Waals surface area (Å²) in [6.07, 6.45) is -26.4. The van der Waals surface area contributed by atoms with Crippen LogP contribution in [0.4, 0.5) is 0 Å². The summed E-state index contributed by atoms with van der Waals surface area (Å²) < 4.78 is 77.0. The van der Waals surface area contributed by atoms with Crippen molar-refractivity contribution in [3.05, 3.63) is 25.3 Å². The van der Waals surface area contributed by atoms with E-state index in [1.54, 1.807) is 0 Å². The van der Waals surface area contributed by atoms with Crippen molar-refractivity contribution in [2.24, 2.45) is 23.7 Å². The van der Waals surface area contributed by atoms with Crippen molar-refractivity contribution < 1.29 is 190 Å². The minimum atomic E-state index is -1.88. The minimum Gasteiger partial charge on any atom is -0.393 e. The third-order valence-electron chi connectivity index (χ3n) is 34.0. The van der Waals surface area contributed by atoms with Crippen LogP contribution in [0, 0.1) is 23.7 Å². The van der Waals surface area contributed by atoms with Gasteiger partial charge in [0.25, 0.3) is 0 Å². The second-order valence-corrected chi connectivity index (χ2v) is 47.6. The first-order valence-corrected chi connectivity index (χ1v) is 57.0. The van der Waals surface area contributed by atoms with Crippen molar-refractivity contribution in [3.63, 3.8) is 0 Å². The van der Waals surface area contributed by atoms with Gasteiger partial charge in [-0.3, -0.25) is 0 Å². The highest BCUT2D eigenvalue weighted by molar-refractivity contribution is 5.06. The van der Waals surface area contributed by atoms with Gasteiger partial charge in [-0.25, -0.2) is 0 Å². The van der Waals surface area contributed by atoms with Crippen molar-refractivity contribution in [2.75, 3.05) is 6.61 Å². The van der Waals surface area contributed by atoms with Crippen molar-refractivity contribution >= 4 is 0 Å². The van der Waals surface area contributed by atoms with Gasteiger partial charge in [-0.1, -0.05) is 155 Å². The Labute approximate surface area is 877 Å². The maximum atomic E-state index is 12.5. The maximum absolute atomic E-state index is 12.5. The van der Waals surface area contributed by atoms with Crippen LogP contribution in [0.25, 0.3) is 0 Å². The van der Waals surface area contributed by atoms with Gasteiger partial charge in [0.05, 0.1) is 183 Å². The summed E-state index contributed by atoms with van der Waals surface area (Å²) in [5.74, 6) is -1.59. The Morgan fingerprint density at radius 2 is 0.953 bits per heavy atom. The van der Waals surface area contributed by atoms with Crippen LogP contribution in [-0.4, -0.2) is 413 Å². The molecule has 2 spiro atoms. The fraction of sp³-hybridized carbons (Fsp3) is 0.964. The number of rotatable bonds is 62. The molecule has 0 amide bonds. The summed E-state index contributed by atoms with van der Waals surface area (Å²) in [6, 6.07) is 0. The molecule has 0 aromatic rings. The largest absolute Gasteiger partial charge is 0.393 e. The molecule has 148 heavy (non-hydrogen) atoms. The van der Waals surface area contributed by atoms with E-state index < -0.39 is 306 Å². The third kappa shape index (κ3) is 38.4. The smallest absolute Gasteiger partial charge is 0.186 e. The standard InChI is InChI=1S/C110H198O38/c1-10-12-14-16-18-20-21-22-24-26-28-33-79(118)80(119)52-77-47-72(116)60-109(146-77)40-41-110(148-109)65(6)36-38-74(147-110)46-71(115)48-81(120)90-56-84(123)95(129)98(132)93(141-90)57-85(124)102-97(131)83(122)51-76(139-102)45-68(112)37-39-75-50-86(125)103(136)107(8,144-75)58-73(117)59-108(9)104(143-105-100(134)96(130)88(127)61-137-105)87(126)53-78(145-108)54-91-92(142-106-101(135)99(133)94(128)66(7)138-106)55-82(121)89(140-91)49-67(111)32-29-31-63(4)42-69(113)44-70(114)43-64(5)35-34-62(3)30-27-25-23-19-17-15-13-11-2/h10-11,62-106,111-136H,1-2,12-61H2,3-9H3/t62-,63-,64+,65-,66-,67+,68+,69-,70+,71-,72-,73-,74+,75+,76+,77+,78-,79-,80+,81-,82-,83-,84-,85-,86-,87-,88+,89+,90+,91-,92+,93-,94-,95+,96-,97+,98+,99+,100+,101-,102-,103+,104+,105-,106+,107-,108-,109-,110-/m1/s1. The molecule has 10 heterocycles. The number of hydrogen-bond donors (Lipinski definition) is 26. The van der Waals surface area contributed by atoms with Crippen LogP contribution < -0.4 is 0 Å². The lowest BCUT2D eigenvalue weighted by molar-refractivity contribution is -0.380. The lowest BCUT2D eigenvalue weighted by Gasteiger charge is -2.51. The molecule has 0 unspecified atom stereocenters. The van der Waals surface area contributed by atoms with E-state index in [2.05, 4.69) is 27.0 Å². The molecule has 0 radical (unpaired) electrons. The first kappa shape index (κ1) is 128. The molecule has 0 saturated carbocycles. The molecular formula is C110H198O38. The van der Waals surface area contributed by atoms with Crippen LogP contribution in [0.2, 0.25) is 0 Å². The summed E-state index contributed by atoms with van der Waals surface area (Å²) >= 11 is 0. The van der Waals surface area contributed by atoms with Crippen molar-refractivity contribution in [1.29, 1.82) is 0 Å². The number of ether oxygens (including phenoxy) is 12. The van der Waals surface area contributed by atoms with Gasteiger partial charge in [0.15, 0.2) is 24.2 Å². The minimum absolute atomic E-state index is 0.0167. The zero-order valence-electron chi connectivity index (χ0n) is 89.4. The molecule has 0 aromatic carbocycles. The van der Waals surface area contributed by atoms with Gasteiger partial charge in [-0.05, 0) is 141 Å². The van der Waals surface area contributed by atoms with Crippen LogP contribution in [-0.2, 0) is 56.8 Å². The highest BCUT2D eigenvalue weighted by atomic mass is 16.8. The summed E-state index contributed by atoms with van der Waals surface area (Å²) in [5.41, 5.74) is -3.62. The Morgan fingerprint density at radius 1 is 0.378 bits per heavy atom. The number of aliphatic hydroxyl groups excluding tert-OH is 26. The van der Waals surface area contributed by atoms with E-state index in [4.69, 9.17) is 56.8 Å². The average Bonchev–Trinajstić information content (AvgIpc) is 1.49. The van der Waals surface area contributed by atoms with E-state index in [9.17, 15) is 133 Å². The molecule has 38 nitrogen and oxygen atoms in total. The first-order chi connectivity index (χ1) is 70.1. The molecule has 49 atom stereocenters. The predicted molar refractivity (Wildman–Crippen MR) is 542 cm³/mol. The van der Waals surface area contributed by atoms with Crippen LogP contribution in [0.1, 0.15) is 363 Å². The van der Waals surface area contributed by atoms with Gasteiger partial charge in [-0.15, -0.1) is 13.2 Å². The number of allylic oxidation sites excluding steroid dienone is 2. The van der Waals surface area contributed by atoms with Crippen molar-refractivity contribution in [1.82, 2.24) is 0 Å². The third-order valence-corrected chi connectivity index (χ3v) is 34.0. The summed E-state index contributed by atoms with van der Waals surface area (Å²) in [4.78, 5) is 0. The van der Waals surface area contributed by atoms with E-state index >= 15 is 0 Å². The maximum Gasteiger partial charge on any atom is 0.186 e. The van der Waals surface area contributed by atoms with Crippen molar-refractivity contribution in [3.8, 4) is 0 Å². The van der Waals surface area contributed by atoms with Gasteiger partial charge < -0.3 is 190 Å². The SMILES string of the molecule is C=CCCCCCCCCCCC[C@@H](O)[C@@H](O)C[C@@H]1C[C@@H](O)C[C@]2(CC[C@@]3(O[C@H](C[C@@H](O)C[C@@H](O)[C@@H]4C[C@@H](O)[C@H](O)[C@@H](O)[C@@H](C[C@@H](O)[C@H]5O[C@@H](C[C@@H](O)CC[C@H]6C[C@@H](O)[C@H](O)[C@@](C)(C[C@@H](O)C[C@@]7(C)O[C@@H](C[C@H]8O[C@@H](C[C@@H](O)CCC[C@@H](C)C[C@@H](O)C[C@@H](O)C[C@@H](C)CC[C@H](C)CCCCCCCCC=C)[C@H](O)C[C@@H]8O[C@@H]8O[C@H](C)[C@@H](O)[C@H](O)[C@H]8O)C[C@@H](O)[C@@H]7O[C@H]7OC[C@H](O)[C@@H](O)[C@@H]7O)O6)C[C@@H](O)[C@@H]5O)O4)CC[C@H]3C)O2)O1. The topological polar surface area (TPSA) is 637 Å². The molecular weight excluding hydrogens is 1930 g/mol. The molecule has 866 valence electrons. The molecule has 10 fully saturated rings. The molecule has 38 heteroatoms. The van der Waals surface area contributed by atoms with E-state index in [1.165, 1.54) is 97.8 Å². The zero-order valence-corrected chi connectivity index (χ0v) is 89.4. The van der Waals surface area contributed by atoms with Crippen LogP contribution >= 0.6 is 0 Å². The molecule has 0 bridgehead atoms. The first-order valence-electron chi connectivity index (χ1n) is 57.0. The summed E-state index contributed by atoms with van der Waals surface area (Å²) in [5, 5.41) is 297. The van der Waals surface area contributed by atoms with E-state index in [0.29, 0.717) is 69.6 Å². The predicted octanol–water partition coefficient (Wildman–Crippen LogP) is 5.11. The monoisotopic (exact) mass is 2130 g/mol. The molecule has 10 aliphatic rings. The highest BCUT2D eigenvalue weighted by Crippen LogP contribution is 2.54. The zero-order chi connectivity index (χ0) is 108. The Hall–Kier alpha value is -2.04. The van der Waals surface area contributed by atoms with E-state index in [-0.39, 0.29) is 115 Å². The Balaban J connectivity index is 0.706. The molecule has 0 aliphatic carbocycles. The normalized spacial score (nSPS) is 40.9. The van der Waals surface area contributed by atoms with Gasteiger partial charge in [0.2, 0.25) is 0 Å². The van der Waals surface area contributed by atoms with Crippen LogP contribution in [0.3, 0.4) is 0 Å². The average molecular weight is 2130 g/mol. The molecule has 10 aliphatic heterocycles. The Morgan fingerprint density at radius 3 is 1.62 bits per heavy atom. The lowest BCUT2D eigenvalue weighted by atomic mass is 9.78. The number of hydrogen-bond acceptors (Lipinski definition) is 38. The fourth-order valence-corrected chi connectivity index (χ4v) is 25.2. The number of unbranched alkanes of at least 4 members (excludes halogenated alkanes) is 15. The Kier molecular flexibility index (Phi) is 53.1. The molecule has 10 saturated heterocycles.